The van der Waals surface area contributed by atoms with Gasteiger partial charge in [0.05, 0.1) is 12.2 Å². The lowest BCUT2D eigenvalue weighted by Gasteiger charge is -2.21. The Balaban J connectivity index is 2.09. The smallest absolute Gasteiger partial charge is 0.0675 e. The van der Waals surface area contributed by atoms with Gasteiger partial charge in [-0.2, -0.15) is 0 Å². The molecule has 0 bridgehead atoms. The van der Waals surface area contributed by atoms with Crippen molar-refractivity contribution in [1.82, 2.24) is 5.32 Å². The first-order chi connectivity index (χ1) is 7.33. The van der Waals surface area contributed by atoms with E-state index in [1.165, 1.54) is 44.9 Å². The van der Waals surface area contributed by atoms with Crippen LogP contribution in [0.4, 0.5) is 0 Å². The van der Waals surface area contributed by atoms with Crippen LogP contribution >= 0.6 is 0 Å². The molecular weight excluding hydrogens is 186 g/mol. The van der Waals surface area contributed by atoms with Crippen molar-refractivity contribution in [2.45, 2.75) is 71.0 Å². The van der Waals surface area contributed by atoms with Gasteiger partial charge in [0.1, 0.15) is 0 Å². The van der Waals surface area contributed by atoms with E-state index < -0.39 is 0 Å². The van der Waals surface area contributed by atoms with E-state index in [4.69, 9.17) is 4.74 Å². The minimum Gasteiger partial charge on any atom is -0.374 e. The second kappa shape index (κ2) is 8.12. The fraction of sp³-hybridized carbons (Fsp3) is 1.00. The van der Waals surface area contributed by atoms with Crippen LogP contribution < -0.4 is 5.32 Å². The first kappa shape index (κ1) is 13.0. The Hall–Kier alpha value is -0.0800. The van der Waals surface area contributed by atoms with Crippen LogP contribution in [0.25, 0.3) is 0 Å². The molecule has 1 fully saturated rings. The topological polar surface area (TPSA) is 21.3 Å². The maximum atomic E-state index is 6.06. The van der Waals surface area contributed by atoms with Crippen molar-refractivity contribution < 1.29 is 4.74 Å². The number of hydrogen-bond donors (Lipinski definition) is 1. The molecule has 2 nitrogen and oxygen atoms in total. The van der Waals surface area contributed by atoms with Gasteiger partial charge in [-0.1, -0.05) is 32.6 Å². The summed E-state index contributed by atoms with van der Waals surface area (Å²) in [4.78, 5) is 0. The summed E-state index contributed by atoms with van der Waals surface area (Å²) in [5.41, 5.74) is 0. The lowest BCUT2D eigenvalue weighted by atomic mass is 10.1. The summed E-state index contributed by atoms with van der Waals surface area (Å²) in [5.74, 6) is 0. The average molecular weight is 213 g/mol. The van der Waals surface area contributed by atoms with Gasteiger partial charge in [0.2, 0.25) is 0 Å². The minimum absolute atomic E-state index is 0.375. The third-order valence-corrected chi connectivity index (χ3v) is 3.09. The van der Waals surface area contributed by atoms with Gasteiger partial charge in [0.15, 0.2) is 0 Å². The van der Waals surface area contributed by atoms with E-state index in [0.717, 1.165) is 13.1 Å². The average Bonchev–Trinajstić information content (AvgIpc) is 2.47. The SMILES string of the molecule is CCCNCC(C)OC1CCCCCC1. The standard InChI is InChI=1S/C13H27NO/c1-3-10-14-11-12(2)15-13-8-6-4-5-7-9-13/h12-14H,3-11H2,1-2H3. The van der Waals surface area contributed by atoms with Crippen molar-refractivity contribution in [3.05, 3.63) is 0 Å². The molecule has 0 spiro atoms. The summed E-state index contributed by atoms with van der Waals surface area (Å²) in [5, 5.41) is 3.42. The Morgan fingerprint density at radius 3 is 2.47 bits per heavy atom. The highest BCUT2D eigenvalue weighted by atomic mass is 16.5. The molecule has 2 heteroatoms. The molecule has 0 amide bonds. The Morgan fingerprint density at radius 1 is 1.20 bits per heavy atom. The zero-order chi connectivity index (χ0) is 10.9. The molecule has 15 heavy (non-hydrogen) atoms. The van der Waals surface area contributed by atoms with Crippen LogP contribution in [0.3, 0.4) is 0 Å². The van der Waals surface area contributed by atoms with Gasteiger partial charge in [-0.15, -0.1) is 0 Å². The summed E-state index contributed by atoms with van der Waals surface area (Å²) >= 11 is 0. The first-order valence-electron chi connectivity index (χ1n) is 6.69. The van der Waals surface area contributed by atoms with Crippen molar-refractivity contribution in [3.8, 4) is 0 Å². The summed E-state index contributed by atoms with van der Waals surface area (Å²) in [6, 6.07) is 0. The third kappa shape index (κ3) is 6.16. The summed E-state index contributed by atoms with van der Waals surface area (Å²) in [6.45, 7) is 6.50. The fourth-order valence-corrected chi connectivity index (χ4v) is 2.24. The van der Waals surface area contributed by atoms with Crippen molar-refractivity contribution in [3.63, 3.8) is 0 Å². The second-order valence-electron chi connectivity index (χ2n) is 4.76. The minimum atomic E-state index is 0.375. The molecule has 1 atom stereocenters. The van der Waals surface area contributed by atoms with Crippen molar-refractivity contribution in [1.29, 1.82) is 0 Å². The van der Waals surface area contributed by atoms with E-state index in [2.05, 4.69) is 19.2 Å². The van der Waals surface area contributed by atoms with E-state index in [1.54, 1.807) is 0 Å². The Bertz CT molecular complexity index is 141. The van der Waals surface area contributed by atoms with E-state index in [-0.39, 0.29) is 0 Å². The summed E-state index contributed by atoms with van der Waals surface area (Å²) in [7, 11) is 0. The third-order valence-electron chi connectivity index (χ3n) is 3.09. The zero-order valence-corrected chi connectivity index (χ0v) is 10.4. The Kier molecular flexibility index (Phi) is 7.03. The van der Waals surface area contributed by atoms with Crippen molar-refractivity contribution >= 4 is 0 Å². The molecule has 1 saturated carbocycles. The van der Waals surface area contributed by atoms with Gasteiger partial charge in [-0.05, 0) is 32.7 Å². The first-order valence-corrected chi connectivity index (χ1v) is 6.69. The van der Waals surface area contributed by atoms with Crippen LogP contribution in [0.1, 0.15) is 58.8 Å². The monoisotopic (exact) mass is 213 g/mol. The number of nitrogens with one attached hydrogen (secondary N) is 1. The van der Waals surface area contributed by atoms with Crippen LogP contribution in [-0.4, -0.2) is 25.3 Å². The summed E-state index contributed by atoms with van der Waals surface area (Å²) in [6.07, 6.45) is 10.2. The van der Waals surface area contributed by atoms with Gasteiger partial charge in [-0.25, -0.2) is 0 Å². The van der Waals surface area contributed by atoms with Gasteiger partial charge < -0.3 is 10.1 Å². The maximum Gasteiger partial charge on any atom is 0.0675 e. The molecule has 0 aromatic carbocycles. The van der Waals surface area contributed by atoms with Gasteiger partial charge in [0.25, 0.3) is 0 Å². The van der Waals surface area contributed by atoms with Gasteiger partial charge in [0, 0.05) is 6.54 Å². The lowest BCUT2D eigenvalue weighted by molar-refractivity contribution is -0.00861. The van der Waals surface area contributed by atoms with Crippen LogP contribution in [0.5, 0.6) is 0 Å². The number of ether oxygens (including phenoxy) is 1. The van der Waals surface area contributed by atoms with Crippen LogP contribution in [0, 0.1) is 0 Å². The normalized spacial score (nSPS) is 21.2. The van der Waals surface area contributed by atoms with E-state index in [1.807, 2.05) is 0 Å². The van der Waals surface area contributed by atoms with E-state index in [0.29, 0.717) is 12.2 Å². The predicted octanol–water partition coefficient (Wildman–Crippen LogP) is 3.11. The highest BCUT2D eigenvalue weighted by Gasteiger charge is 2.15. The molecule has 1 rings (SSSR count). The van der Waals surface area contributed by atoms with Crippen molar-refractivity contribution in [2.24, 2.45) is 0 Å². The van der Waals surface area contributed by atoms with E-state index >= 15 is 0 Å². The molecule has 0 aliphatic heterocycles. The molecule has 1 unspecified atom stereocenters. The molecule has 1 aliphatic rings. The molecular formula is C13H27NO. The second-order valence-corrected chi connectivity index (χ2v) is 4.76. The predicted molar refractivity (Wildman–Crippen MR) is 65.2 cm³/mol. The van der Waals surface area contributed by atoms with E-state index in [9.17, 15) is 0 Å². The number of rotatable bonds is 6. The molecule has 0 heterocycles. The molecule has 90 valence electrons. The number of hydrogen-bond acceptors (Lipinski definition) is 2. The molecule has 1 aliphatic carbocycles. The highest BCUT2D eigenvalue weighted by molar-refractivity contribution is 4.66. The molecule has 0 aromatic heterocycles. The van der Waals surface area contributed by atoms with Gasteiger partial charge >= 0.3 is 0 Å². The van der Waals surface area contributed by atoms with Crippen molar-refractivity contribution in [2.75, 3.05) is 13.1 Å². The zero-order valence-electron chi connectivity index (χ0n) is 10.4. The molecule has 0 aromatic rings. The van der Waals surface area contributed by atoms with Crippen LogP contribution in [-0.2, 0) is 4.74 Å². The molecule has 1 N–H and O–H groups in total. The van der Waals surface area contributed by atoms with Crippen LogP contribution in [0.2, 0.25) is 0 Å². The fourth-order valence-electron chi connectivity index (χ4n) is 2.24. The lowest BCUT2D eigenvalue weighted by Crippen LogP contribution is -2.30. The molecule has 0 radical (unpaired) electrons. The largest absolute Gasteiger partial charge is 0.374 e. The Labute approximate surface area is 94.8 Å². The summed E-state index contributed by atoms with van der Waals surface area (Å²) < 4.78 is 6.06. The molecule has 0 saturated heterocycles. The van der Waals surface area contributed by atoms with Gasteiger partial charge in [-0.3, -0.25) is 0 Å². The highest BCUT2D eigenvalue weighted by Crippen LogP contribution is 2.20. The Morgan fingerprint density at radius 2 is 1.87 bits per heavy atom. The quantitative estimate of drug-likeness (QED) is 0.541. The maximum absolute atomic E-state index is 6.06. The van der Waals surface area contributed by atoms with Crippen LogP contribution in [0.15, 0.2) is 0 Å².